The minimum atomic E-state index is 0.289. The standard InChI is InChI=1S/C28H30N9/c1-19-13-15-24(26(17-19)35-32-21-11-8-12-22(18-21)37(2,3)4)33-34-25-16-14-23(29)27(30)28(25)36-31-20-9-6-5-7-10-20/h5-18H,29-30H2,1-4H3/q+1. The Morgan fingerprint density at radius 2 is 1.22 bits per heavy atom. The molecule has 0 aliphatic rings. The third kappa shape index (κ3) is 6.47. The maximum absolute atomic E-state index is 6.21. The highest BCUT2D eigenvalue weighted by molar-refractivity contribution is 5.85. The first-order valence-corrected chi connectivity index (χ1v) is 11.7. The van der Waals surface area contributed by atoms with Crippen LogP contribution in [0.3, 0.4) is 0 Å². The number of nitrogen functional groups attached to an aromatic ring is 2. The van der Waals surface area contributed by atoms with Gasteiger partial charge in [-0.15, -0.1) is 20.5 Å². The zero-order valence-electron chi connectivity index (χ0n) is 21.4. The van der Waals surface area contributed by atoms with E-state index in [0.717, 1.165) is 16.9 Å². The van der Waals surface area contributed by atoms with Gasteiger partial charge in [-0.25, -0.2) is 0 Å². The fourth-order valence-electron chi connectivity index (χ4n) is 3.39. The molecule has 0 aliphatic heterocycles. The molecule has 0 saturated heterocycles. The molecule has 0 atom stereocenters. The molecule has 9 nitrogen and oxygen atoms in total. The maximum Gasteiger partial charge on any atom is 0.138 e. The Kier molecular flexibility index (Phi) is 7.45. The number of anilines is 2. The van der Waals surface area contributed by atoms with Crippen molar-refractivity contribution >= 4 is 51.2 Å². The van der Waals surface area contributed by atoms with Gasteiger partial charge in [-0.2, -0.15) is 10.2 Å². The van der Waals surface area contributed by atoms with Crippen molar-refractivity contribution in [1.29, 1.82) is 0 Å². The van der Waals surface area contributed by atoms with Gasteiger partial charge < -0.3 is 11.5 Å². The fraction of sp³-hybridized carbons (Fsp3) is 0.143. The van der Waals surface area contributed by atoms with E-state index < -0.39 is 0 Å². The molecule has 0 heterocycles. The molecule has 37 heavy (non-hydrogen) atoms. The van der Waals surface area contributed by atoms with Crippen molar-refractivity contribution in [2.24, 2.45) is 30.7 Å². The van der Waals surface area contributed by atoms with Crippen LogP contribution in [0.5, 0.6) is 0 Å². The number of quaternary nitrogens is 1. The lowest BCUT2D eigenvalue weighted by Crippen LogP contribution is -2.34. The number of hydrogen-bond acceptors (Lipinski definition) is 8. The Bertz CT molecular complexity index is 1480. The molecular formula is C28H30N9+. The van der Waals surface area contributed by atoms with Crippen molar-refractivity contribution in [2.45, 2.75) is 6.92 Å². The second kappa shape index (κ2) is 10.9. The summed E-state index contributed by atoms with van der Waals surface area (Å²) in [5.74, 6) is 0. The summed E-state index contributed by atoms with van der Waals surface area (Å²) in [5.41, 5.74) is 18.4. The summed E-state index contributed by atoms with van der Waals surface area (Å²) >= 11 is 0. The number of nitrogens with two attached hydrogens (primary N) is 2. The van der Waals surface area contributed by atoms with Crippen LogP contribution in [0.2, 0.25) is 0 Å². The summed E-state index contributed by atoms with van der Waals surface area (Å²) in [5, 5.41) is 26.4. The molecular weight excluding hydrogens is 462 g/mol. The van der Waals surface area contributed by atoms with E-state index in [0.29, 0.717) is 38.6 Å². The van der Waals surface area contributed by atoms with Crippen molar-refractivity contribution in [3.63, 3.8) is 0 Å². The summed E-state index contributed by atoms with van der Waals surface area (Å²) in [4.78, 5) is 0. The van der Waals surface area contributed by atoms with E-state index >= 15 is 0 Å². The molecule has 4 aromatic rings. The number of nitrogens with zero attached hydrogens (tertiary/aromatic N) is 7. The number of hydrogen-bond donors (Lipinski definition) is 2. The first-order valence-electron chi connectivity index (χ1n) is 11.7. The van der Waals surface area contributed by atoms with Crippen LogP contribution in [-0.4, -0.2) is 21.1 Å². The smallest absolute Gasteiger partial charge is 0.138 e. The van der Waals surface area contributed by atoms with Crippen molar-refractivity contribution in [3.8, 4) is 0 Å². The molecule has 4 N–H and O–H groups in total. The zero-order valence-corrected chi connectivity index (χ0v) is 21.4. The van der Waals surface area contributed by atoms with E-state index in [1.54, 1.807) is 12.1 Å². The molecule has 0 aromatic heterocycles. The van der Waals surface area contributed by atoms with E-state index in [-0.39, 0.29) is 5.69 Å². The minimum Gasteiger partial charge on any atom is -0.397 e. The highest BCUT2D eigenvalue weighted by Crippen LogP contribution is 2.40. The van der Waals surface area contributed by atoms with Crippen LogP contribution in [-0.2, 0) is 0 Å². The van der Waals surface area contributed by atoms with Crippen LogP contribution in [0.4, 0.5) is 51.2 Å². The summed E-state index contributed by atoms with van der Waals surface area (Å²) in [6.07, 6.45) is 0. The maximum atomic E-state index is 6.21. The average Bonchev–Trinajstić information content (AvgIpc) is 2.88. The monoisotopic (exact) mass is 492 g/mol. The van der Waals surface area contributed by atoms with Crippen LogP contribution < -0.4 is 16.0 Å². The van der Waals surface area contributed by atoms with Gasteiger partial charge >= 0.3 is 0 Å². The predicted molar refractivity (Wildman–Crippen MR) is 151 cm³/mol. The van der Waals surface area contributed by atoms with E-state index in [1.165, 1.54) is 0 Å². The summed E-state index contributed by atoms with van der Waals surface area (Å²) < 4.78 is 0.682. The molecule has 0 unspecified atom stereocenters. The topological polar surface area (TPSA) is 126 Å². The van der Waals surface area contributed by atoms with E-state index in [9.17, 15) is 0 Å². The third-order valence-electron chi connectivity index (χ3n) is 5.53. The second-order valence-electron chi connectivity index (χ2n) is 9.40. The fourth-order valence-corrected chi connectivity index (χ4v) is 3.39. The molecule has 4 aromatic carbocycles. The van der Waals surface area contributed by atoms with Crippen molar-refractivity contribution in [3.05, 3.63) is 90.5 Å². The molecule has 0 bridgehead atoms. The highest BCUT2D eigenvalue weighted by atomic mass is 15.3. The van der Waals surface area contributed by atoms with Crippen molar-refractivity contribution in [1.82, 2.24) is 4.48 Å². The van der Waals surface area contributed by atoms with Gasteiger partial charge in [0.1, 0.15) is 28.4 Å². The van der Waals surface area contributed by atoms with Gasteiger partial charge in [0.05, 0.1) is 43.9 Å². The van der Waals surface area contributed by atoms with E-state index in [4.69, 9.17) is 11.5 Å². The molecule has 0 spiro atoms. The zero-order chi connectivity index (χ0) is 26.4. The van der Waals surface area contributed by atoms with Crippen LogP contribution in [0, 0.1) is 6.92 Å². The first-order chi connectivity index (χ1) is 17.7. The Labute approximate surface area is 216 Å². The summed E-state index contributed by atoms with van der Waals surface area (Å²) in [6.45, 7) is 1.99. The quantitative estimate of drug-likeness (QED) is 0.152. The summed E-state index contributed by atoms with van der Waals surface area (Å²) in [6, 6.07) is 26.4. The lowest BCUT2D eigenvalue weighted by Gasteiger charge is -2.23. The largest absolute Gasteiger partial charge is 0.397 e. The minimum absolute atomic E-state index is 0.289. The molecule has 9 heteroatoms. The molecule has 0 aliphatic carbocycles. The highest BCUT2D eigenvalue weighted by Gasteiger charge is 2.12. The number of azo groups is 3. The Balaban J connectivity index is 1.67. The Hall–Kier alpha value is -4.76. The van der Waals surface area contributed by atoms with Crippen molar-refractivity contribution < 1.29 is 0 Å². The van der Waals surface area contributed by atoms with Gasteiger partial charge in [0.25, 0.3) is 0 Å². The van der Waals surface area contributed by atoms with Gasteiger partial charge in [-0.3, -0.25) is 4.48 Å². The molecule has 0 radical (unpaired) electrons. The van der Waals surface area contributed by atoms with Crippen LogP contribution in [0.15, 0.2) is 116 Å². The van der Waals surface area contributed by atoms with Crippen molar-refractivity contribution in [2.75, 3.05) is 32.6 Å². The Morgan fingerprint density at radius 3 is 1.97 bits per heavy atom. The SMILES string of the molecule is Cc1ccc(N=Nc2ccc(N)c(N)c2N=Nc2ccccc2)c(N=Nc2cccc([N+](C)(C)C)c2)c1. The predicted octanol–water partition coefficient (Wildman–Crippen LogP) is 8.60. The number of rotatable bonds is 7. The van der Waals surface area contributed by atoms with Gasteiger partial charge in [0.2, 0.25) is 0 Å². The normalized spacial score (nSPS) is 12.2. The van der Waals surface area contributed by atoms with Crippen LogP contribution >= 0.6 is 0 Å². The lowest BCUT2D eigenvalue weighted by atomic mass is 10.2. The summed E-state index contributed by atoms with van der Waals surface area (Å²) in [7, 11) is 6.31. The lowest BCUT2D eigenvalue weighted by molar-refractivity contribution is 0.486. The first kappa shape index (κ1) is 25.3. The molecule has 4 rings (SSSR count). The van der Waals surface area contributed by atoms with Gasteiger partial charge in [0, 0.05) is 6.07 Å². The van der Waals surface area contributed by atoms with E-state index in [1.807, 2.05) is 73.7 Å². The average molecular weight is 493 g/mol. The van der Waals surface area contributed by atoms with E-state index in [2.05, 4.69) is 57.9 Å². The third-order valence-corrected chi connectivity index (χ3v) is 5.53. The number of benzene rings is 4. The van der Waals surface area contributed by atoms with Crippen LogP contribution in [0.25, 0.3) is 0 Å². The molecule has 0 fully saturated rings. The molecule has 0 saturated carbocycles. The van der Waals surface area contributed by atoms with Gasteiger partial charge in [0.15, 0.2) is 0 Å². The van der Waals surface area contributed by atoms with Gasteiger partial charge in [-0.05, 0) is 61.0 Å². The second-order valence-corrected chi connectivity index (χ2v) is 9.40. The Morgan fingerprint density at radius 1 is 0.568 bits per heavy atom. The van der Waals surface area contributed by atoms with Crippen LogP contribution in [0.1, 0.15) is 5.56 Å². The molecule has 186 valence electrons. The molecule has 0 amide bonds. The van der Waals surface area contributed by atoms with Gasteiger partial charge in [-0.1, -0.05) is 30.3 Å². The number of aryl methyl sites for hydroxylation is 1.